The lowest BCUT2D eigenvalue weighted by Gasteiger charge is -2.19. The summed E-state index contributed by atoms with van der Waals surface area (Å²) in [6.45, 7) is 4.50. The van der Waals surface area contributed by atoms with Gasteiger partial charge in [0.1, 0.15) is 0 Å². The van der Waals surface area contributed by atoms with Crippen LogP contribution >= 0.6 is 0 Å². The summed E-state index contributed by atoms with van der Waals surface area (Å²) >= 11 is 0. The molecule has 2 heteroatoms. The highest BCUT2D eigenvalue weighted by Crippen LogP contribution is 2.25. The van der Waals surface area contributed by atoms with E-state index in [0.29, 0.717) is 5.92 Å². The van der Waals surface area contributed by atoms with Crippen molar-refractivity contribution in [3.63, 3.8) is 0 Å². The molecule has 0 spiro atoms. The number of aryl methyl sites for hydroxylation is 1. The van der Waals surface area contributed by atoms with Crippen molar-refractivity contribution in [2.45, 2.75) is 90.4 Å². The van der Waals surface area contributed by atoms with Crippen molar-refractivity contribution in [2.24, 2.45) is 7.05 Å². The van der Waals surface area contributed by atoms with Crippen LogP contribution in [0.15, 0.2) is 11.0 Å². The van der Waals surface area contributed by atoms with Crippen molar-refractivity contribution >= 4 is 0 Å². The van der Waals surface area contributed by atoms with Crippen molar-refractivity contribution in [1.82, 2.24) is 4.57 Å². The number of nitrogens with zero attached hydrogens (tertiary/aromatic N) is 1. The Labute approximate surface area is 135 Å². The first-order valence-corrected chi connectivity index (χ1v) is 9.32. The van der Waals surface area contributed by atoms with Crippen molar-refractivity contribution in [3.8, 4) is 0 Å². The molecule has 0 atom stereocenters. The van der Waals surface area contributed by atoms with E-state index in [2.05, 4.69) is 20.0 Å². The summed E-state index contributed by atoms with van der Waals surface area (Å²) in [5.41, 5.74) is 4.14. The second-order valence-corrected chi connectivity index (χ2v) is 7.29. The molecule has 1 aliphatic rings. The first kappa shape index (κ1) is 17.3. The zero-order valence-corrected chi connectivity index (χ0v) is 14.8. The van der Waals surface area contributed by atoms with Gasteiger partial charge in [-0.2, -0.15) is 0 Å². The molecule has 1 heterocycles. The van der Waals surface area contributed by atoms with Gasteiger partial charge in [-0.25, -0.2) is 0 Å². The molecule has 22 heavy (non-hydrogen) atoms. The van der Waals surface area contributed by atoms with Gasteiger partial charge in [-0.1, -0.05) is 58.8 Å². The van der Waals surface area contributed by atoms with E-state index in [4.69, 9.17) is 0 Å². The quantitative estimate of drug-likeness (QED) is 0.706. The highest BCUT2D eigenvalue weighted by Gasteiger charge is 2.16. The van der Waals surface area contributed by atoms with E-state index >= 15 is 0 Å². The Bertz CT molecular complexity index is 527. The van der Waals surface area contributed by atoms with Crippen LogP contribution in [0, 0.1) is 0 Å². The van der Waals surface area contributed by atoms with Crippen LogP contribution in [0.1, 0.15) is 94.2 Å². The van der Waals surface area contributed by atoms with Gasteiger partial charge < -0.3 is 4.57 Å². The van der Waals surface area contributed by atoms with Crippen LogP contribution < -0.4 is 5.56 Å². The molecule has 1 aromatic heterocycles. The fourth-order valence-corrected chi connectivity index (χ4v) is 3.75. The monoisotopic (exact) mass is 303 g/mol. The molecule has 0 aliphatic heterocycles. The first-order valence-electron chi connectivity index (χ1n) is 9.32. The molecule has 124 valence electrons. The Kier molecular flexibility index (Phi) is 6.72. The van der Waals surface area contributed by atoms with Crippen LogP contribution in [-0.2, 0) is 19.9 Å². The number of rotatable bonds is 1. The fourth-order valence-electron chi connectivity index (χ4n) is 3.75. The van der Waals surface area contributed by atoms with Crippen LogP contribution in [-0.4, -0.2) is 4.57 Å². The van der Waals surface area contributed by atoms with E-state index in [0.717, 1.165) is 18.4 Å². The summed E-state index contributed by atoms with van der Waals surface area (Å²) in [7, 11) is 1.91. The van der Waals surface area contributed by atoms with Crippen molar-refractivity contribution in [3.05, 3.63) is 33.2 Å². The zero-order chi connectivity index (χ0) is 15.9. The third kappa shape index (κ3) is 4.47. The molecule has 0 amide bonds. The third-order valence-electron chi connectivity index (χ3n) is 5.10. The van der Waals surface area contributed by atoms with Gasteiger partial charge in [0, 0.05) is 18.8 Å². The molecule has 2 rings (SSSR count). The smallest absolute Gasteiger partial charge is 0.253 e. The molecule has 0 aromatic carbocycles. The van der Waals surface area contributed by atoms with Gasteiger partial charge in [0.15, 0.2) is 0 Å². The minimum absolute atomic E-state index is 0.245. The van der Waals surface area contributed by atoms with E-state index < -0.39 is 0 Å². The normalized spacial score (nSPS) is 18.2. The van der Waals surface area contributed by atoms with E-state index in [1.54, 1.807) is 0 Å². The lowest BCUT2D eigenvalue weighted by molar-refractivity contribution is 0.563. The third-order valence-corrected chi connectivity index (χ3v) is 5.10. The van der Waals surface area contributed by atoms with Crippen LogP contribution in [0.4, 0.5) is 0 Å². The van der Waals surface area contributed by atoms with Gasteiger partial charge in [-0.05, 0) is 42.7 Å². The lowest BCUT2D eigenvalue weighted by Crippen LogP contribution is -2.25. The molecule has 0 N–H and O–H groups in total. The first-order chi connectivity index (χ1) is 10.6. The Morgan fingerprint density at radius 2 is 1.27 bits per heavy atom. The minimum atomic E-state index is 0.245. The number of hydrogen-bond donors (Lipinski definition) is 0. The second-order valence-electron chi connectivity index (χ2n) is 7.29. The number of hydrogen-bond acceptors (Lipinski definition) is 1. The molecule has 0 saturated heterocycles. The number of pyridine rings is 1. The molecule has 0 saturated carbocycles. The minimum Gasteiger partial charge on any atom is -0.318 e. The lowest BCUT2D eigenvalue weighted by atomic mass is 9.90. The summed E-state index contributed by atoms with van der Waals surface area (Å²) in [4.78, 5) is 12.6. The Balaban J connectivity index is 2.33. The fraction of sp³-hybridized carbons (Fsp3) is 0.750. The number of aromatic nitrogens is 1. The molecular formula is C20H33NO. The predicted octanol–water partition coefficient (Wildman–Crippen LogP) is 5.12. The van der Waals surface area contributed by atoms with Gasteiger partial charge in [0.05, 0.1) is 0 Å². The van der Waals surface area contributed by atoms with Crippen LogP contribution in [0.25, 0.3) is 0 Å². The van der Waals surface area contributed by atoms with E-state index in [9.17, 15) is 4.79 Å². The maximum absolute atomic E-state index is 12.6. The second kappa shape index (κ2) is 8.55. The average molecular weight is 303 g/mol. The van der Waals surface area contributed by atoms with Gasteiger partial charge in [-0.15, -0.1) is 0 Å². The van der Waals surface area contributed by atoms with Crippen LogP contribution in [0.2, 0.25) is 0 Å². The summed E-state index contributed by atoms with van der Waals surface area (Å²) in [5, 5.41) is 0. The molecule has 0 fully saturated rings. The molecule has 0 radical (unpaired) electrons. The molecule has 2 nitrogen and oxygen atoms in total. The topological polar surface area (TPSA) is 22.0 Å². The summed E-state index contributed by atoms with van der Waals surface area (Å²) in [6.07, 6.45) is 16.0. The maximum atomic E-state index is 12.6. The highest BCUT2D eigenvalue weighted by molar-refractivity contribution is 5.35. The molecular weight excluding hydrogens is 270 g/mol. The Morgan fingerprint density at radius 3 is 1.77 bits per heavy atom. The van der Waals surface area contributed by atoms with E-state index in [1.807, 2.05) is 11.6 Å². The van der Waals surface area contributed by atoms with Crippen molar-refractivity contribution in [2.75, 3.05) is 0 Å². The van der Waals surface area contributed by atoms with Crippen molar-refractivity contribution in [1.29, 1.82) is 0 Å². The zero-order valence-electron chi connectivity index (χ0n) is 14.8. The predicted molar refractivity (Wildman–Crippen MR) is 94.7 cm³/mol. The van der Waals surface area contributed by atoms with E-state index in [1.165, 1.54) is 68.9 Å². The van der Waals surface area contributed by atoms with Crippen LogP contribution in [0.3, 0.4) is 0 Å². The summed E-state index contributed by atoms with van der Waals surface area (Å²) in [5.74, 6) is 0.497. The maximum Gasteiger partial charge on any atom is 0.253 e. The van der Waals surface area contributed by atoms with Crippen molar-refractivity contribution < 1.29 is 0 Å². The Hall–Kier alpha value is -1.05. The van der Waals surface area contributed by atoms with Gasteiger partial charge in [0.2, 0.25) is 0 Å². The van der Waals surface area contributed by atoms with E-state index in [-0.39, 0.29) is 5.56 Å². The molecule has 0 bridgehead atoms. The van der Waals surface area contributed by atoms with Gasteiger partial charge in [0.25, 0.3) is 5.56 Å². The van der Waals surface area contributed by atoms with Gasteiger partial charge >= 0.3 is 0 Å². The summed E-state index contributed by atoms with van der Waals surface area (Å²) < 4.78 is 1.81. The molecule has 0 unspecified atom stereocenters. The van der Waals surface area contributed by atoms with Gasteiger partial charge in [-0.3, -0.25) is 4.79 Å². The average Bonchev–Trinajstić information content (AvgIpc) is 2.51. The largest absolute Gasteiger partial charge is 0.318 e. The standard InChI is InChI=1S/C20H33NO/c1-16(2)19-15-21(3)20(22)18-14-12-10-8-6-4-5-7-9-11-13-17(18)19/h15-16H,4-14H2,1-3H3. The highest BCUT2D eigenvalue weighted by atomic mass is 16.1. The molecule has 1 aromatic rings. The summed E-state index contributed by atoms with van der Waals surface area (Å²) in [6, 6.07) is 0. The number of fused-ring (bicyclic) bond motifs is 1. The SMILES string of the molecule is CC(C)c1cn(C)c(=O)c2c1CCCCCCCCCCC2. The van der Waals surface area contributed by atoms with Crippen LogP contribution in [0.5, 0.6) is 0 Å². The Morgan fingerprint density at radius 1 is 0.818 bits per heavy atom. The molecule has 1 aliphatic carbocycles.